The molecule has 1 heterocycles. The lowest BCUT2D eigenvalue weighted by Gasteiger charge is -2.36. The van der Waals surface area contributed by atoms with Crippen molar-refractivity contribution in [2.24, 2.45) is 5.92 Å². The van der Waals surface area contributed by atoms with Crippen molar-refractivity contribution in [1.82, 2.24) is 4.90 Å². The average molecular weight is 282 g/mol. The van der Waals surface area contributed by atoms with E-state index in [1.54, 1.807) is 0 Å². The molecule has 20 heavy (non-hydrogen) atoms. The first-order chi connectivity index (χ1) is 9.61. The monoisotopic (exact) mass is 282 g/mol. The maximum Gasteiger partial charge on any atom is 0.149 e. The number of rotatable bonds is 5. The molecule has 4 heteroatoms. The van der Waals surface area contributed by atoms with Gasteiger partial charge in [-0.3, -0.25) is 0 Å². The number of anilines is 1. The van der Waals surface area contributed by atoms with Gasteiger partial charge >= 0.3 is 0 Å². The molecule has 1 aromatic rings. The van der Waals surface area contributed by atoms with Gasteiger partial charge < -0.3 is 10.2 Å². The van der Waals surface area contributed by atoms with Crippen molar-refractivity contribution in [2.75, 3.05) is 25.0 Å². The molecule has 112 valence electrons. The number of piperidine rings is 1. The van der Waals surface area contributed by atoms with Crippen LogP contribution in [0.2, 0.25) is 0 Å². The molecule has 1 aromatic carbocycles. The lowest BCUT2D eigenvalue weighted by molar-refractivity contribution is 0.165. The topological polar surface area (TPSA) is 15.3 Å². The van der Waals surface area contributed by atoms with Crippen molar-refractivity contribution in [3.05, 3.63) is 29.8 Å². The predicted molar refractivity (Wildman–Crippen MR) is 78.9 cm³/mol. The van der Waals surface area contributed by atoms with Gasteiger partial charge in [0.05, 0.1) is 0 Å². The van der Waals surface area contributed by atoms with Gasteiger partial charge in [0.15, 0.2) is 0 Å². The van der Waals surface area contributed by atoms with E-state index in [1.165, 1.54) is 18.2 Å². The van der Waals surface area contributed by atoms with Crippen molar-refractivity contribution in [2.45, 2.75) is 39.2 Å². The Morgan fingerprint density at radius 2 is 2.05 bits per heavy atom. The lowest BCUT2D eigenvalue weighted by atomic mass is 9.91. The molecule has 1 aliphatic rings. The summed E-state index contributed by atoms with van der Waals surface area (Å²) in [6.45, 7) is 7.46. The summed E-state index contributed by atoms with van der Waals surface area (Å²) in [5.74, 6) is -0.592. The van der Waals surface area contributed by atoms with Gasteiger partial charge in [-0.15, -0.1) is 0 Å². The number of nitrogens with one attached hydrogen (secondary N) is 1. The Hall–Kier alpha value is -1.16. The van der Waals surface area contributed by atoms with Crippen molar-refractivity contribution in [3.63, 3.8) is 0 Å². The fourth-order valence-corrected chi connectivity index (χ4v) is 3.00. The van der Waals surface area contributed by atoms with Crippen LogP contribution in [-0.4, -0.2) is 30.6 Å². The van der Waals surface area contributed by atoms with Crippen LogP contribution in [0.15, 0.2) is 18.2 Å². The van der Waals surface area contributed by atoms with E-state index in [0.29, 0.717) is 5.92 Å². The van der Waals surface area contributed by atoms with Crippen molar-refractivity contribution in [1.29, 1.82) is 0 Å². The number of hydrogen-bond donors (Lipinski definition) is 1. The van der Waals surface area contributed by atoms with Gasteiger partial charge in [-0.1, -0.05) is 13.0 Å². The molecule has 1 aliphatic heterocycles. The number of likely N-dealkylation sites (tertiary alicyclic amines) is 1. The molecule has 0 spiro atoms. The average Bonchev–Trinajstić information content (AvgIpc) is 2.43. The second kappa shape index (κ2) is 7.02. The number of nitrogens with zero attached hydrogens (tertiary/aromatic N) is 1. The SMILES string of the molecule is CCCN1CCCC(C(C)Nc2c(F)cccc2F)C1. The van der Waals surface area contributed by atoms with Crippen LogP contribution in [0.3, 0.4) is 0 Å². The molecule has 2 nitrogen and oxygen atoms in total. The molecule has 2 rings (SSSR count). The third-order valence-corrected chi connectivity index (χ3v) is 4.12. The number of halogens is 2. The van der Waals surface area contributed by atoms with Gasteiger partial charge in [-0.2, -0.15) is 0 Å². The maximum absolute atomic E-state index is 13.7. The Bertz CT molecular complexity index is 414. The minimum Gasteiger partial charge on any atom is -0.378 e. The molecular formula is C16H24F2N2. The molecule has 0 amide bonds. The largest absolute Gasteiger partial charge is 0.378 e. The molecule has 0 aromatic heterocycles. The minimum absolute atomic E-state index is 0.00705. The standard InChI is InChI=1S/C16H24F2N2/c1-3-9-20-10-5-6-13(11-20)12(2)19-16-14(17)7-4-8-15(16)18/h4,7-8,12-13,19H,3,5-6,9-11H2,1-2H3. The summed E-state index contributed by atoms with van der Waals surface area (Å²) in [6.07, 6.45) is 3.43. The third-order valence-electron chi connectivity index (χ3n) is 4.12. The summed E-state index contributed by atoms with van der Waals surface area (Å²) >= 11 is 0. The van der Waals surface area contributed by atoms with Crippen LogP contribution in [0.4, 0.5) is 14.5 Å². The summed E-state index contributed by atoms with van der Waals surface area (Å²) in [6, 6.07) is 4.05. The number of para-hydroxylation sites is 1. The van der Waals surface area contributed by atoms with E-state index >= 15 is 0 Å². The van der Waals surface area contributed by atoms with Crippen LogP contribution < -0.4 is 5.32 Å². The molecular weight excluding hydrogens is 258 g/mol. The number of hydrogen-bond acceptors (Lipinski definition) is 2. The van der Waals surface area contributed by atoms with Gasteiger partial charge in [-0.05, 0) is 57.3 Å². The van der Waals surface area contributed by atoms with Crippen molar-refractivity contribution < 1.29 is 8.78 Å². The second-order valence-corrected chi connectivity index (χ2v) is 5.73. The van der Waals surface area contributed by atoms with Crippen LogP contribution >= 0.6 is 0 Å². The van der Waals surface area contributed by atoms with Gasteiger partial charge in [-0.25, -0.2) is 8.78 Å². The fourth-order valence-electron chi connectivity index (χ4n) is 3.00. The Morgan fingerprint density at radius 1 is 1.35 bits per heavy atom. The first-order valence-electron chi connectivity index (χ1n) is 7.54. The zero-order valence-corrected chi connectivity index (χ0v) is 12.3. The lowest BCUT2D eigenvalue weighted by Crippen LogP contribution is -2.42. The molecule has 0 radical (unpaired) electrons. The predicted octanol–water partition coefficient (Wildman–Crippen LogP) is 3.89. The Kier molecular flexibility index (Phi) is 5.35. The fraction of sp³-hybridized carbons (Fsp3) is 0.625. The van der Waals surface area contributed by atoms with Crippen LogP contribution in [0, 0.1) is 17.6 Å². The van der Waals surface area contributed by atoms with E-state index in [0.717, 1.165) is 38.9 Å². The van der Waals surface area contributed by atoms with E-state index < -0.39 is 11.6 Å². The zero-order valence-electron chi connectivity index (χ0n) is 12.3. The van der Waals surface area contributed by atoms with Crippen molar-refractivity contribution in [3.8, 4) is 0 Å². The summed E-state index contributed by atoms with van der Waals surface area (Å²) < 4.78 is 27.3. The second-order valence-electron chi connectivity index (χ2n) is 5.73. The Labute approximate surface area is 120 Å². The van der Waals surface area contributed by atoms with Gasteiger partial charge in [0.2, 0.25) is 0 Å². The zero-order chi connectivity index (χ0) is 14.5. The van der Waals surface area contributed by atoms with Crippen LogP contribution in [0.1, 0.15) is 33.1 Å². The molecule has 1 saturated heterocycles. The quantitative estimate of drug-likeness (QED) is 0.881. The molecule has 1 N–H and O–H groups in total. The summed E-state index contributed by atoms with van der Waals surface area (Å²) in [5.41, 5.74) is 0.00705. The van der Waals surface area contributed by atoms with Crippen LogP contribution in [0.25, 0.3) is 0 Å². The van der Waals surface area contributed by atoms with E-state index in [4.69, 9.17) is 0 Å². The molecule has 2 atom stereocenters. The highest BCUT2D eigenvalue weighted by atomic mass is 19.1. The molecule has 1 fully saturated rings. The van der Waals surface area contributed by atoms with E-state index in [1.807, 2.05) is 6.92 Å². The highest BCUT2D eigenvalue weighted by molar-refractivity contribution is 5.46. The number of benzene rings is 1. The molecule has 0 aliphatic carbocycles. The highest BCUT2D eigenvalue weighted by Gasteiger charge is 2.25. The van der Waals surface area contributed by atoms with Gasteiger partial charge in [0.1, 0.15) is 17.3 Å². The first kappa shape index (κ1) is 15.2. The maximum atomic E-state index is 13.7. The van der Waals surface area contributed by atoms with E-state index in [-0.39, 0.29) is 11.7 Å². The minimum atomic E-state index is -0.516. The van der Waals surface area contributed by atoms with Gasteiger partial charge in [0, 0.05) is 12.6 Å². The van der Waals surface area contributed by atoms with E-state index in [9.17, 15) is 8.78 Å². The summed E-state index contributed by atoms with van der Waals surface area (Å²) in [4.78, 5) is 2.45. The normalized spacial score (nSPS) is 21.7. The Morgan fingerprint density at radius 3 is 2.70 bits per heavy atom. The molecule has 0 saturated carbocycles. The van der Waals surface area contributed by atoms with Crippen LogP contribution in [0.5, 0.6) is 0 Å². The van der Waals surface area contributed by atoms with Gasteiger partial charge in [0.25, 0.3) is 0 Å². The molecule has 2 unspecified atom stereocenters. The summed E-state index contributed by atoms with van der Waals surface area (Å²) in [5, 5.41) is 3.03. The Balaban J connectivity index is 1.99. The van der Waals surface area contributed by atoms with Crippen LogP contribution in [-0.2, 0) is 0 Å². The van der Waals surface area contributed by atoms with E-state index in [2.05, 4.69) is 17.1 Å². The summed E-state index contributed by atoms with van der Waals surface area (Å²) in [7, 11) is 0. The smallest absolute Gasteiger partial charge is 0.149 e. The molecule has 0 bridgehead atoms. The first-order valence-corrected chi connectivity index (χ1v) is 7.54. The van der Waals surface area contributed by atoms with Crippen molar-refractivity contribution >= 4 is 5.69 Å². The highest BCUT2D eigenvalue weighted by Crippen LogP contribution is 2.25. The third kappa shape index (κ3) is 3.69.